The van der Waals surface area contributed by atoms with E-state index in [1.54, 1.807) is 49.0 Å². The number of thiophene rings is 2. The monoisotopic (exact) mass is 852 g/mol. The van der Waals surface area contributed by atoms with Crippen molar-refractivity contribution in [1.29, 1.82) is 0 Å². The molecule has 3 aliphatic rings. The maximum absolute atomic E-state index is 12.7. The van der Waals surface area contributed by atoms with Gasteiger partial charge in [0.25, 0.3) is 11.8 Å². The first kappa shape index (κ1) is 41.2. The van der Waals surface area contributed by atoms with Crippen LogP contribution in [0.2, 0.25) is 0 Å². The van der Waals surface area contributed by atoms with Crippen molar-refractivity contribution in [2.45, 2.75) is 6.92 Å². The lowest BCUT2D eigenvalue weighted by Gasteiger charge is -2.26. The second kappa shape index (κ2) is 18.8. The van der Waals surface area contributed by atoms with Gasteiger partial charge in [-0.05, 0) is 88.6 Å². The molecule has 11 nitrogen and oxygen atoms in total. The van der Waals surface area contributed by atoms with E-state index in [1.165, 1.54) is 6.92 Å². The van der Waals surface area contributed by atoms with Crippen LogP contribution in [0.25, 0.3) is 44.2 Å². The number of hydrogen-bond donors (Lipinski definition) is 3. The summed E-state index contributed by atoms with van der Waals surface area (Å²) in [7, 11) is 3.23. The summed E-state index contributed by atoms with van der Waals surface area (Å²) in [6, 6.07) is 31.2. The lowest BCUT2D eigenvalue weighted by Crippen LogP contribution is -2.38. The van der Waals surface area contributed by atoms with Gasteiger partial charge < -0.3 is 34.9 Å². The minimum absolute atomic E-state index is 0.0990. The van der Waals surface area contributed by atoms with Crippen LogP contribution in [0, 0.1) is 0 Å². The summed E-state index contributed by atoms with van der Waals surface area (Å²) in [5, 5.41) is 12.6. The third-order valence-corrected chi connectivity index (χ3v) is 12.2. The van der Waals surface area contributed by atoms with Gasteiger partial charge in [-0.25, -0.2) is 0 Å². The van der Waals surface area contributed by atoms with Crippen LogP contribution in [-0.4, -0.2) is 76.3 Å². The Labute approximate surface area is 362 Å². The Morgan fingerprint density at radius 3 is 2.10 bits per heavy atom. The third kappa shape index (κ3) is 9.45. The number of morpholine rings is 1. The first-order valence-corrected chi connectivity index (χ1v) is 21.5. The summed E-state index contributed by atoms with van der Waals surface area (Å²) >= 11 is 3.30. The summed E-state index contributed by atoms with van der Waals surface area (Å²) in [5.74, 6) is 1.71. The summed E-state index contributed by atoms with van der Waals surface area (Å²) < 4.78 is 22.5. The molecule has 0 saturated carbocycles. The van der Waals surface area contributed by atoms with Gasteiger partial charge in [0.1, 0.15) is 12.4 Å². The normalized spacial score (nSPS) is 15.7. The number of para-hydroxylation sites is 1. The first-order valence-electron chi connectivity index (χ1n) is 19.8. The van der Waals surface area contributed by atoms with Crippen LogP contribution < -0.4 is 30.2 Å². The highest BCUT2D eigenvalue weighted by molar-refractivity contribution is 7.13. The Morgan fingerprint density at radius 2 is 1.39 bits per heavy atom. The van der Waals surface area contributed by atoms with Crippen molar-refractivity contribution in [3.8, 4) is 38.1 Å². The molecule has 1 saturated heterocycles. The van der Waals surface area contributed by atoms with Gasteiger partial charge in [-0.1, -0.05) is 42.5 Å². The van der Waals surface area contributed by atoms with Crippen LogP contribution in [0.4, 0.5) is 17.1 Å². The molecule has 0 aliphatic carbocycles. The molecule has 2 aromatic heterocycles. The van der Waals surface area contributed by atoms with Crippen LogP contribution in [0.5, 0.6) is 17.2 Å². The van der Waals surface area contributed by atoms with Crippen LogP contribution in [0.1, 0.15) is 29.2 Å². The number of hydrogen-bond acceptors (Lipinski definition) is 10. The zero-order chi connectivity index (χ0) is 42.3. The number of carbonyl (C=O) groups excluding carboxylic acids is 3. The fourth-order valence-corrected chi connectivity index (χ4v) is 8.89. The SMILES string of the molecule is CC(=O)Nc1ccc2c(c1)NC(=O)C2=Cc1ccc(OCCN2CCOCC2)c(-c2cccs2)c1.COc1cc(C=C2C(=O)Nc3ccccc32)c(-c2cccs2)cc1OC. The first-order chi connectivity index (χ1) is 29.8. The summed E-state index contributed by atoms with van der Waals surface area (Å²) in [4.78, 5) is 41.1. The second-order valence-electron chi connectivity index (χ2n) is 14.3. The van der Waals surface area contributed by atoms with E-state index in [-0.39, 0.29) is 17.7 Å². The number of nitrogens with one attached hydrogen (secondary N) is 3. The van der Waals surface area contributed by atoms with Crippen LogP contribution in [0.15, 0.2) is 108 Å². The topological polar surface area (TPSA) is 127 Å². The van der Waals surface area contributed by atoms with Gasteiger partial charge in [-0.2, -0.15) is 0 Å². The molecule has 5 heterocycles. The van der Waals surface area contributed by atoms with Crippen molar-refractivity contribution < 1.29 is 33.3 Å². The fraction of sp³-hybridized carbons (Fsp3) is 0.188. The van der Waals surface area contributed by atoms with E-state index in [0.717, 1.165) is 87.4 Å². The molecule has 0 radical (unpaired) electrons. The van der Waals surface area contributed by atoms with Gasteiger partial charge in [0.15, 0.2) is 11.5 Å². The molecule has 3 N–H and O–H groups in total. The molecule has 0 spiro atoms. The fourth-order valence-electron chi connectivity index (χ4n) is 7.38. The number of nitrogens with zero attached hydrogens (tertiary/aromatic N) is 1. The standard InChI is InChI=1S/C27H27N3O4S.C21H17NO3S/c1-18(31)28-20-5-6-21-22(27(32)29-24(21)17-20)15-19-4-7-25(23(16-19)26-3-2-14-35-26)34-13-10-30-8-11-33-12-9-30;1-24-18-11-13(15(12-19(18)25-2)20-8-5-9-26-20)10-16-14-6-3-4-7-17(14)22-21(16)23/h2-7,14-17H,8-13H2,1H3,(H,28,31)(H,29,32);3-12H,1-2H3,(H,22,23). The molecule has 3 aliphatic heterocycles. The molecular formula is C48H44N4O7S2. The van der Waals surface area contributed by atoms with E-state index in [2.05, 4.69) is 39.0 Å². The predicted molar refractivity (Wildman–Crippen MR) is 246 cm³/mol. The van der Waals surface area contributed by atoms with Crippen LogP contribution in [-0.2, 0) is 19.1 Å². The molecular weight excluding hydrogens is 809 g/mol. The van der Waals surface area contributed by atoms with Crippen LogP contribution >= 0.6 is 22.7 Å². The van der Waals surface area contributed by atoms with Gasteiger partial charge in [-0.15, -0.1) is 22.7 Å². The number of fused-ring (bicyclic) bond motifs is 2. The lowest BCUT2D eigenvalue weighted by atomic mass is 9.99. The Hall–Kier alpha value is -6.51. The molecule has 4 aromatic carbocycles. The van der Waals surface area contributed by atoms with Gasteiger partial charge in [0.05, 0.1) is 33.1 Å². The minimum atomic E-state index is -0.163. The maximum atomic E-state index is 12.7. The highest BCUT2D eigenvalue weighted by Crippen LogP contribution is 2.42. The van der Waals surface area contributed by atoms with E-state index in [4.69, 9.17) is 18.9 Å². The lowest BCUT2D eigenvalue weighted by molar-refractivity contribution is -0.114. The van der Waals surface area contributed by atoms with Gasteiger partial charge in [-0.3, -0.25) is 19.3 Å². The number of amides is 3. The molecule has 13 heteroatoms. The Balaban J connectivity index is 0.000000176. The highest BCUT2D eigenvalue weighted by Gasteiger charge is 2.26. The number of anilines is 3. The van der Waals surface area contributed by atoms with Crippen molar-refractivity contribution in [2.24, 2.45) is 0 Å². The quantitative estimate of drug-likeness (QED) is 0.110. The second-order valence-corrected chi connectivity index (χ2v) is 16.2. The predicted octanol–water partition coefficient (Wildman–Crippen LogP) is 9.50. The summed E-state index contributed by atoms with van der Waals surface area (Å²) in [6.07, 6.45) is 3.81. The molecule has 61 heavy (non-hydrogen) atoms. The van der Waals surface area contributed by atoms with Crippen LogP contribution in [0.3, 0.4) is 0 Å². The van der Waals surface area contributed by atoms with Crippen molar-refractivity contribution in [1.82, 2.24) is 4.90 Å². The number of benzene rings is 4. The molecule has 0 bridgehead atoms. The molecule has 310 valence electrons. The Morgan fingerprint density at radius 1 is 0.721 bits per heavy atom. The number of ether oxygens (including phenoxy) is 4. The molecule has 6 aromatic rings. The smallest absolute Gasteiger partial charge is 0.256 e. The molecule has 0 atom stereocenters. The maximum Gasteiger partial charge on any atom is 0.256 e. The minimum Gasteiger partial charge on any atom is -0.493 e. The van der Waals surface area contributed by atoms with Crippen molar-refractivity contribution in [3.05, 3.63) is 130 Å². The van der Waals surface area contributed by atoms with E-state index in [0.29, 0.717) is 40.6 Å². The van der Waals surface area contributed by atoms with E-state index >= 15 is 0 Å². The number of rotatable bonds is 11. The number of methoxy groups -OCH3 is 2. The molecule has 9 rings (SSSR count). The molecule has 3 amide bonds. The highest BCUT2D eigenvalue weighted by atomic mass is 32.1. The Kier molecular flexibility index (Phi) is 12.7. The van der Waals surface area contributed by atoms with Crippen molar-refractivity contribution in [2.75, 3.05) is 69.6 Å². The molecule has 1 fully saturated rings. The number of carbonyl (C=O) groups is 3. The van der Waals surface area contributed by atoms with Gasteiger partial charge in [0, 0.05) is 81.1 Å². The largest absolute Gasteiger partial charge is 0.493 e. The third-order valence-electron chi connectivity index (χ3n) is 10.3. The zero-order valence-electron chi connectivity index (χ0n) is 33.9. The van der Waals surface area contributed by atoms with E-state index < -0.39 is 0 Å². The van der Waals surface area contributed by atoms with Gasteiger partial charge >= 0.3 is 0 Å². The van der Waals surface area contributed by atoms with E-state index in [1.807, 2.05) is 89.6 Å². The van der Waals surface area contributed by atoms with Crippen molar-refractivity contribution >= 4 is 80.8 Å². The van der Waals surface area contributed by atoms with Gasteiger partial charge in [0.2, 0.25) is 5.91 Å². The summed E-state index contributed by atoms with van der Waals surface area (Å²) in [5.41, 5.74) is 8.96. The average molecular weight is 853 g/mol. The molecule has 0 unspecified atom stereocenters. The summed E-state index contributed by atoms with van der Waals surface area (Å²) in [6.45, 7) is 6.33. The average Bonchev–Trinajstić information content (AvgIpc) is 4.10. The van der Waals surface area contributed by atoms with Crippen molar-refractivity contribution in [3.63, 3.8) is 0 Å². The van der Waals surface area contributed by atoms with E-state index in [9.17, 15) is 14.4 Å². The zero-order valence-corrected chi connectivity index (χ0v) is 35.5. The Bertz CT molecular complexity index is 2630.